The molecule has 1 fully saturated rings. The number of nitrogens with one attached hydrogen (secondary N) is 1. The highest BCUT2D eigenvalue weighted by molar-refractivity contribution is 5.76. The maximum Gasteiger partial charge on any atom is 0.244 e. The second kappa shape index (κ2) is 10.6. The summed E-state index contributed by atoms with van der Waals surface area (Å²) in [5.74, 6) is 1.11. The number of piperidine rings is 1. The van der Waals surface area contributed by atoms with Crippen molar-refractivity contribution in [1.82, 2.24) is 25.0 Å². The molecule has 1 N–H and O–H groups in total. The maximum absolute atomic E-state index is 12.6. The number of aryl methyl sites for hydroxylation is 1. The van der Waals surface area contributed by atoms with Crippen molar-refractivity contribution in [3.8, 4) is 5.75 Å². The Balaban J connectivity index is 1.37. The molecule has 0 unspecified atom stereocenters. The van der Waals surface area contributed by atoms with Gasteiger partial charge in [-0.05, 0) is 55.6 Å². The SMILES string of the molecule is O=C1CCCOc2ccccc2CCCCC2(CCN(C(=O)Cn3cncn3)CC2)CN1. The lowest BCUT2D eigenvalue weighted by atomic mass is 9.74. The number of ether oxygens (including phenoxy) is 1. The molecule has 3 heterocycles. The number of fused-ring (bicyclic) bond motifs is 1. The number of amides is 2. The molecule has 2 aliphatic rings. The van der Waals surface area contributed by atoms with Crippen molar-refractivity contribution >= 4 is 11.8 Å². The molecule has 8 heteroatoms. The van der Waals surface area contributed by atoms with Crippen molar-refractivity contribution in [2.75, 3.05) is 26.2 Å². The minimum atomic E-state index is 0.0554. The van der Waals surface area contributed by atoms with E-state index >= 15 is 0 Å². The highest BCUT2D eigenvalue weighted by Gasteiger charge is 2.36. The summed E-state index contributed by atoms with van der Waals surface area (Å²) in [6.07, 6.45) is 10.3. The summed E-state index contributed by atoms with van der Waals surface area (Å²) in [6.45, 7) is 2.91. The zero-order valence-corrected chi connectivity index (χ0v) is 18.7. The first kappa shape index (κ1) is 22.3. The van der Waals surface area contributed by atoms with E-state index in [4.69, 9.17) is 4.74 Å². The van der Waals surface area contributed by atoms with Crippen LogP contribution in [-0.2, 0) is 22.6 Å². The lowest BCUT2D eigenvalue weighted by molar-refractivity contribution is -0.135. The Bertz CT molecular complexity index is 891. The van der Waals surface area contributed by atoms with E-state index in [9.17, 15) is 9.59 Å². The zero-order valence-electron chi connectivity index (χ0n) is 18.7. The lowest BCUT2D eigenvalue weighted by Crippen LogP contribution is -2.48. The second-order valence-electron chi connectivity index (χ2n) is 9.02. The summed E-state index contributed by atoms with van der Waals surface area (Å²) in [5.41, 5.74) is 1.30. The van der Waals surface area contributed by atoms with Crippen molar-refractivity contribution in [2.45, 2.75) is 57.9 Å². The standard InChI is InChI=1S/C24H33N5O3/c30-22-9-5-15-32-21-8-2-1-6-20(21)7-3-4-10-24(17-26-22)11-13-28(14-12-24)23(31)16-29-19-25-18-27-29/h1-2,6,8,18-19H,3-5,7,9-17H2,(H,26,30). The van der Waals surface area contributed by atoms with Crippen molar-refractivity contribution in [3.05, 3.63) is 42.5 Å². The van der Waals surface area contributed by atoms with Gasteiger partial charge in [0.1, 0.15) is 24.9 Å². The number of hydrogen-bond donors (Lipinski definition) is 1. The molecule has 0 atom stereocenters. The second-order valence-corrected chi connectivity index (χ2v) is 9.02. The molecule has 1 aromatic carbocycles. The molecule has 2 amide bonds. The summed E-state index contributed by atoms with van der Waals surface area (Å²) in [6, 6.07) is 8.23. The molecule has 0 bridgehead atoms. The van der Waals surface area contributed by atoms with Gasteiger partial charge >= 0.3 is 0 Å². The van der Waals surface area contributed by atoms with Gasteiger partial charge in [0, 0.05) is 26.1 Å². The molecule has 2 aromatic rings. The smallest absolute Gasteiger partial charge is 0.244 e. The van der Waals surface area contributed by atoms with Crippen LogP contribution in [0.15, 0.2) is 36.9 Å². The fourth-order valence-corrected chi connectivity index (χ4v) is 4.75. The predicted molar refractivity (Wildman–Crippen MR) is 120 cm³/mol. The first-order valence-corrected chi connectivity index (χ1v) is 11.7. The van der Waals surface area contributed by atoms with E-state index < -0.39 is 0 Å². The average Bonchev–Trinajstić information content (AvgIpc) is 3.32. The molecule has 0 saturated carbocycles. The van der Waals surface area contributed by atoms with Gasteiger partial charge in [0.15, 0.2) is 0 Å². The molecule has 0 aliphatic carbocycles. The molecule has 1 aromatic heterocycles. The van der Waals surface area contributed by atoms with E-state index in [2.05, 4.69) is 27.5 Å². The van der Waals surface area contributed by atoms with Crippen LogP contribution in [0.3, 0.4) is 0 Å². The van der Waals surface area contributed by atoms with E-state index in [1.54, 1.807) is 11.0 Å². The first-order chi connectivity index (χ1) is 15.6. The Morgan fingerprint density at radius 2 is 1.94 bits per heavy atom. The summed E-state index contributed by atoms with van der Waals surface area (Å²) < 4.78 is 7.50. The van der Waals surface area contributed by atoms with Crippen LogP contribution in [0, 0.1) is 5.41 Å². The number of hydrogen-bond acceptors (Lipinski definition) is 5. The molecule has 4 rings (SSSR count). The van der Waals surface area contributed by atoms with Crippen LogP contribution in [0.25, 0.3) is 0 Å². The van der Waals surface area contributed by atoms with Crippen molar-refractivity contribution in [3.63, 3.8) is 0 Å². The van der Waals surface area contributed by atoms with Crippen molar-refractivity contribution in [2.24, 2.45) is 5.41 Å². The van der Waals surface area contributed by atoms with E-state index in [0.29, 0.717) is 26.0 Å². The van der Waals surface area contributed by atoms with Gasteiger partial charge in [0.2, 0.25) is 11.8 Å². The highest BCUT2D eigenvalue weighted by Crippen LogP contribution is 2.37. The topological polar surface area (TPSA) is 89.4 Å². The number of carbonyl (C=O) groups excluding carboxylic acids is 2. The number of aromatic nitrogens is 3. The Morgan fingerprint density at radius 3 is 2.75 bits per heavy atom. The molecule has 32 heavy (non-hydrogen) atoms. The molecule has 1 saturated heterocycles. The summed E-state index contributed by atoms with van der Waals surface area (Å²) >= 11 is 0. The van der Waals surface area contributed by atoms with Crippen LogP contribution in [0.2, 0.25) is 0 Å². The fourth-order valence-electron chi connectivity index (χ4n) is 4.75. The van der Waals surface area contributed by atoms with Gasteiger partial charge in [0.25, 0.3) is 0 Å². The van der Waals surface area contributed by atoms with Gasteiger partial charge in [-0.2, -0.15) is 5.10 Å². The number of carbonyl (C=O) groups is 2. The van der Waals surface area contributed by atoms with Crippen LogP contribution >= 0.6 is 0 Å². The van der Waals surface area contributed by atoms with Gasteiger partial charge < -0.3 is 15.0 Å². The van der Waals surface area contributed by atoms with Crippen LogP contribution in [0.4, 0.5) is 0 Å². The lowest BCUT2D eigenvalue weighted by Gasteiger charge is -2.42. The Labute approximate surface area is 189 Å². The molecule has 0 radical (unpaired) electrons. The van der Waals surface area contributed by atoms with Crippen molar-refractivity contribution in [1.29, 1.82) is 0 Å². The molecule has 8 nitrogen and oxygen atoms in total. The molecule has 172 valence electrons. The summed E-state index contributed by atoms with van der Waals surface area (Å²) in [7, 11) is 0. The molecule has 2 aliphatic heterocycles. The van der Waals surface area contributed by atoms with E-state index in [1.807, 2.05) is 17.0 Å². The van der Waals surface area contributed by atoms with Crippen LogP contribution in [0.5, 0.6) is 5.75 Å². The summed E-state index contributed by atoms with van der Waals surface area (Å²) in [5, 5.41) is 7.21. The van der Waals surface area contributed by atoms with Gasteiger partial charge in [-0.1, -0.05) is 24.6 Å². The molecule has 1 spiro atoms. The monoisotopic (exact) mass is 439 g/mol. The number of benzene rings is 1. The minimum absolute atomic E-state index is 0.0554. The van der Waals surface area contributed by atoms with Crippen LogP contribution in [-0.4, -0.2) is 57.7 Å². The van der Waals surface area contributed by atoms with Gasteiger partial charge in [0.05, 0.1) is 6.61 Å². The minimum Gasteiger partial charge on any atom is -0.493 e. The van der Waals surface area contributed by atoms with Gasteiger partial charge in [-0.15, -0.1) is 0 Å². The molecular formula is C24H33N5O3. The average molecular weight is 440 g/mol. The Hall–Kier alpha value is -2.90. The zero-order chi connectivity index (χ0) is 22.2. The van der Waals surface area contributed by atoms with E-state index in [1.165, 1.54) is 11.9 Å². The fraction of sp³-hybridized carbons (Fsp3) is 0.583. The Morgan fingerprint density at radius 1 is 1.09 bits per heavy atom. The van der Waals surface area contributed by atoms with Crippen LogP contribution in [0.1, 0.15) is 50.5 Å². The van der Waals surface area contributed by atoms with E-state index in [0.717, 1.165) is 57.4 Å². The quantitative estimate of drug-likeness (QED) is 0.777. The predicted octanol–water partition coefficient (Wildman–Crippen LogP) is 2.59. The maximum atomic E-state index is 12.6. The van der Waals surface area contributed by atoms with Gasteiger partial charge in [-0.25, -0.2) is 9.67 Å². The van der Waals surface area contributed by atoms with E-state index in [-0.39, 0.29) is 23.8 Å². The molecular weight excluding hydrogens is 406 g/mol. The van der Waals surface area contributed by atoms with Gasteiger partial charge in [-0.3, -0.25) is 9.59 Å². The third kappa shape index (κ3) is 5.87. The first-order valence-electron chi connectivity index (χ1n) is 11.7. The summed E-state index contributed by atoms with van der Waals surface area (Å²) in [4.78, 5) is 30.9. The normalized spacial score (nSPS) is 20.0. The largest absolute Gasteiger partial charge is 0.493 e. The van der Waals surface area contributed by atoms with Crippen LogP contribution < -0.4 is 10.1 Å². The third-order valence-corrected chi connectivity index (χ3v) is 6.78. The number of rotatable bonds is 2. The number of para-hydroxylation sites is 1. The highest BCUT2D eigenvalue weighted by atomic mass is 16.5. The third-order valence-electron chi connectivity index (χ3n) is 6.78. The Kier molecular flexibility index (Phi) is 7.39. The number of nitrogens with zero attached hydrogens (tertiary/aromatic N) is 4. The van der Waals surface area contributed by atoms with Crippen molar-refractivity contribution < 1.29 is 14.3 Å². The number of likely N-dealkylation sites (tertiary alicyclic amines) is 1.